The topological polar surface area (TPSA) is 383 Å². The van der Waals surface area contributed by atoms with Crippen LogP contribution in [-0.2, 0) is 66.5 Å². The van der Waals surface area contributed by atoms with Crippen LogP contribution < -0.4 is 0 Å². The lowest BCUT2D eigenvalue weighted by molar-refractivity contribution is -0.361. The molecule has 9 rings (SSSR count). The first-order chi connectivity index (χ1) is 38.3. The minimum absolute atomic E-state index is 0.111. The van der Waals surface area contributed by atoms with Gasteiger partial charge in [0, 0.05) is 13.8 Å². The van der Waals surface area contributed by atoms with Crippen LogP contribution in [0, 0.1) is 50.2 Å². The quantitative estimate of drug-likeness (QED) is 0.0494. The van der Waals surface area contributed by atoms with Crippen LogP contribution in [-0.4, -0.2) is 223 Å². The van der Waals surface area contributed by atoms with Crippen molar-refractivity contribution < 1.29 is 123 Å². The number of carboxylic acids is 1. The zero-order valence-corrected chi connectivity index (χ0v) is 48.2. The molecule has 25 heteroatoms. The zero-order valence-electron chi connectivity index (χ0n) is 48.2. The Bertz CT molecular complexity index is 2390. The van der Waals surface area contributed by atoms with Gasteiger partial charge in [0.2, 0.25) is 6.29 Å². The van der Waals surface area contributed by atoms with Gasteiger partial charge in [-0.05, 0) is 117 Å². The average Bonchev–Trinajstić information content (AvgIpc) is 3.19. The van der Waals surface area contributed by atoms with Crippen LogP contribution in [0.2, 0.25) is 0 Å². The Labute approximate surface area is 476 Å². The highest BCUT2D eigenvalue weighted by atomic mass is 16.8. The van der Waals surface area contributed by atoms with E-state index in [9.17, 15) is 70.6 Å². The van der Waals surface area contributed by atoms with Crippen LogP contribution in [0.15, 0.2) is 11.6 Å². The number of aliphatic hydroxyl groups excluding tert-OH is 10. The fraction of sp³-hybridized carbons (Fsp3) is 0.895. The highest BCUT2D eigenvalue weighted by molar-refractivity contribution is 5.81. The van der Waals surface area contributed by atoms with Gasteiger partial charge in [0.15, 0.2) is 31.1 Å². The molecule has 5 aliphatic carbocycles. The second-order valence-corrected chi connectivity index (χ2v) is 26.7. The molecule has 0 amide bonds. The summed E-state index contributed by atoms with van der Waals surface area (Å²) in [6.07, 6.45) is -23.5. The van der Waals surface area contributed by atoms with Gasteiger partial charge in [-0.15, -0.1) is 0 Å². The van der Waals surface area contributed by atoms with E-state index in [4.69, 9.17) is 47.4 Å². The molecule has 82 heavy (non-hydrogen) atoms. The molecule has 0 aromatic heterocycles. The molecule has 0 unspecified atom stereocenters. The summed E-state index contributed by atoms with van der Waals surface area (Å²) >= 11 is 0. The first-order valence-electron chi connectivity index (χ1n) is 29.0. The third kappa shape index (κ3) is 10.7. The third-order valence-corrected chi connectivity index (χ3v) is 21.8. The maximum atomic E-state index is 15.2. The maximum Gasteiger partial charge on any atom is 0.315 e. The highest BCUT2D eigenvalue weighted by Crippen LogP contribution is 2.76. The van der Waals surface area contributed by atoms with E-state index in [1.54, 1.807) is 6.92 Å². The van der Waals surface area contributed by atoms with Gasteiger partial charge in [-0.25, -0.2) is 0 Å². The number of fused-ring (bicyclic) bond motifs is 7. The van der Waals surface area contributed by atoms with E-state index in [1.807, 2.05) is 0 Å². The predicted octanol–water partition coefficient (Wildman–Crippen LogP) is -0.162. The van der Waals surface area contributed by atoms with Gasteiger partial charge >= 0.3 is 23.9 Å². The number of aliphatic hydroxyl groups is 10. The molecular weight excluding hydrogens is 1080 g/mol. The second-order valence-electron chi connectivity index (χ2n) is 26.7. The van der Waals surface area contributed by atoms with Crippen molar-refractivity contribution in [1.82, 2.24) is 0 Å². The molecule has 0 radical (unpaired) electrons. The van der Waals surface area contributed by atoms with Crippen molar-refractivity contribution in [3.8, 4) is 0 Å². The fourth-order valence-corrected chi connectivity index (χ4v) is 16.7. The van der Waals surface area contributed by atoms with Crippen LogP contribution in [0.1, 0.15) is 127 Å². The predicted molar refractivity (Wildman–Crippen MR) is 276 cm³/mol. The Morgan fingerprint density at radius 2 is 1.26 bits per heavy atom. The molecule has 0 aromatic rings. The number of carboxylic acid groups (broad SMARTS) is 1. The van der Waals surface area contributed by atoms with Gasteiger partial charge in [-0.2, -0.15) is 0 Å². The summed E-state index contributed by atoms with van der Waals surface area (Å²) in [4.78, 5) is 52.4. The fourth-order valence-electron chi connectivity index (χ4n) is 16.7. The lowest BCUT2D eigenvalue weighted by atomic mass is 9.33. The SMILES string of the molecule is CC(=O)O[C@H]1[C@H](O[C@@H]2CC[C@]3(C)[C@H](CC[C@]4(C)[C@@H]3CC=C3[C@H]5C[C@](C)(C(=O)O)CC[C@]5(C(=O)O[C@@H]5O[C@H](CO[C@@H]6O[C@H](CO)[C@@H](O[C@@H]7O[C@@H](C)[C@H](O)[C@@H](O)[C@H]7O)[C@H](O)[C@H]6O)[C@@H](O)[C@H](O)[C@H]5O)CC[C@]34C)C2(C)C)OC[C@H](OC(C)=O)[C@@H]1O. The number of ether oxygens (including phenoxy) is 10. The van der Waals surface area contributed by atoms with Crippen molar-refractivity contribution in [3.05, 3.63) is 11.6 Å². The molecule has 8 fully saturated rings. The summed E-state index contributed by atoms with van der Waals surface area (Å²) in [6.45, 7) is 15.1. The molecule has 4 heterocycles. The Morgan fingerprint density at radius 3 is 1.91 bits per heavy atom. The number of aliphatic carboxylic acids is 1. The summed E-state index contributed by atoms with van der Waals surface area (Å²) in [6, 6.07) is 0. The molecular formula is C57H88O25. The van der Waals surface area contributed by atoms with Crippen molar-refractivity contribution in [2.24, 2.45) is 50.2 Å². The Morgan fingerprint density at radius 1 is 0.622 bits per heavy atom. The molecule has 0 bridgehead atoms. The van der Waals surface area contributed by atoms with Crippen molar-refractivity contribution in [2.45, 2.75) is 249 Å². The van der Waals surface area contributed by atoms with E-state index in [0.29, 0.717) is 25.7 Å². The van der Waals surface area contributed by atoms with Crippen molar-refractivity contribution in [3.63, 3.8) is 0 Å². The van der Waals surface area contributed by atoms with E-state index < -0.39 is 181 Å². The van der Waals surface area contributed by atoms with Crippen LogP contribution in [0.25, 0.3) is 0 Å². The number of hydrogen-bond donors (Lipinski definition) is 11. The van der Waals surface area contributed by atoms with Crippen molar-refractivity contribution in [2.75, 3.05) is 19.8 Å². The molecule has 0 aromatic carbocycles. The molecule has 9 aliphatic rings. The Kier molecular flexibility index (Phi) is 18.0. The summed E-state index contributed by atoms with van der Waals surface area (Å²) in [5.74, 6) is -3.41. The molecule has 28 atom stereocenters. The van der Waals surface area contributed by atoms with E-state index in [2.05, 4.69) is 40.7 Å². The number of hydrogen-bond acceptors (Lipinski definition) is 24. The standard InChI is InChI=1S/C57H88O25/c1-24-35(61)38(64)41(67)47(75-24)81-44-29(21-58)78-46(43(69)40(44)66)73-22-30-36(62)39(65)42(68)48(79-30)82-51(72)57-18-16-53(6,50(70)71)20-28(57)27-10-11-33-54(7)14-13-34(52(4,5)32(54)12-15-56(33,9)55(27,8)17-19-57)80-49-45(77-26(3)60)37(63)31(23-74-49)76-25(2)59/h10,24,28-49,58,61-69H,11-23H2,1-9H3,(H,70,71)/t24-,28+,29+,30+,31-,32+,33+,34+,35-,36+,37-,38+,39-,40+,41+,42+,43+,44+,45+,46+,47-,48-,49-,53+,54+,55+,56+,57-/m0/s1. The van der Waals surface area contributed by atoms with Crippen LogP contribution in [0.4, 0.5) is 0 Å². The molecule has 4 saturated heterocycles. The molecule has 466 valence electrons. The monoisotopic (exact) mass is 1170 g/mol. The van der Waals surface area contributed by atoms with E-state index in [-0.39, 0.29) is 54.6 Å². The Balaban J connectivity index is 0.909. The van der Waals surface area contributed by atoms with Gasteiger partial charge in [-0.1, -0.05) is 46.3 Å². The average molecular weight is 1170 g/mol. The van der Waals surface area contributed by atoms with Gasteiger partial charge in [-0.3, -0.25) is 19.2 Å². The summed E-state index contributed by atoms with van der Waals surface area (Å²) in [7, 11) is 0. The van der Waals surface area contributed by atoms with Gasteiger partial charge < -0.3 is 104 Å². The minimum Gasteiger partial charge on any atom is -0.481 e. The van der Waals surface area contributed by atoms with Crippen LogP contribution >= 0.6 is 0 Å². The van der Waals surface area contributed by atoms with Crippen molar-refractivity contribution >= 4 is 23.9 Å². The second kappa shape index (κ2) is 23.2. The van der Waals surface area contributed by atoms with Gasteiger partial charge in [0.25, 0.3) is 0 Å². The maximum absolute atomic E-state index is 15.2. The number of allylic oxidation sites excluding steroid dienone is 2. The number of carbonyl (C=O) groups is 4. The number of carbonyl (C=O) groups excluding carboxylic acids is 3. The molecule has 4 saturated carbocycles. The summed E-state index contributed by atoms with van der Waals surface area (Å²) in [5.41, 5.74) is -3.07. The lowest BCUT2D eigenvalue weighted by Crippen LogP contribution is -2.66. The summed E-state index contributed by atoms with van der Waals surface area (Å²) in [5, 5.41) is 119. The normalized spacial score (nSPS) is 50.9. The molecule has 11 N–H and O–H groups in total. The van der Waals surface area contributed by atoms with Gasteiger partial charge in [0.1, 0.15) is 73.2 Å². The first kappa shape index (κ1) is 63.4. The molecule has 4 aliphatic heterocycles. The third-order valence-electron chi connectivity index (χ3n) is 21.8. The van der Waals surface area contributed by atoms with Crippen LogP contribution in [0.3, 0.4) is 0 Å². The first-order valence-corrected chi connectivity index (χ1v) is 29.0. The lowest BCUT2D eigenvalue weighted by Gasteiger charge is -2.71. The van der Waals surface area contributed by atoms with E-state index in [0.717, 1.165) is 24.8 Å². The molecule has 0 spiro atoms. The van der Waals surface area contributed by atoms with Gasteiger partial charge in [0.05, 0.1) is 42.9 Å². The highest BCUT2D eigenvalue weighted by Gasteiger charge is 2.71. The Hall–Kier alpha value is -3.06. The smallest absolute Gasteiger partial charge is 0.315 e. The van der Waals surface area contributed by atoms with Crippen LogP contribution in [0.5, 0.6) is 0 Å². The largest absolute Gasteiger partial charge is 0.481 e. The van der Waals surface area contributed by atoms with E-state index in [1.165, 1.54) is 20.8 Å². The van der Waals surface area contributed by atoms with E-state index >= 15 is 4.79 Å². The van der Waals surface area contributed by atoms with Crippen molar-refractivity contribution in [1.29, 1.82) is 0 Å². The summed E-state index contributed by atoms with van der Waals surface area (Å²) < 4.78 is 58.3. The number of esters is 3. The minimum atomic E-state index is -1.97. The zero-order chi connectivity index (χ0) is 60.1. The molecule has 25 nitrogen and oxygen atoms in total. The number of rotatable bonds is 13.